The zero-order valence-electron chi connectivity index (χ0n) is 39.1. The Labute approximate surface area is 354 Å². The average molecular weight is 907 g/mol. The Bertz CT molecular complexity index is 1380. The lowest BCUT2D eigenvalue weighted by atomic mass is 10.1. The van der Waals surface area contributed by atoms with E-state index in [9.17, 15) is 14.9 Å². The molecule has 332 valence electrons. The third kappa shape index (κ3) is 22.9. The summed E-state index contributed by atoms with van der Waals surface area (Å²) in [5, 5.41) is 12.4. The monoisotopic (exact) mass is 905 g/mol. The van der Waals surface area contributed by atoms with Crippen LogP contribution in [0.3, 0.4) is 0 Å². The molecule has 0 saturated heterocycles. The van der Waals surface area contributed by atoms with Crippen LogP contribution in [-0.2, 0) is 26.0 Å². The van der Waals surface area contributed by atoms with Gasteiger partial charge in [0.1, 0.15) is 6.10 Å². The van der Waals surface area contributed by atoms with Crippen molar-refractivity contribution in [3.63, 3.8) is 0 Å². The Hall–Kier alpha value is -1.17. The zero-order valence-corrected chi connectivity index (χ0v) is 45.1. The van der Waals surface area contributed by atoms with E-state index in [4.69, 9.17) is 30.7 Å². The highest BCUT2D eigenvalue weighted by Crippen LogP contribution is 2.39. The van der Waals surface area contributed by atoms with Crippen LogP contribution < -0.4 is 9.47 Å². The second-order valence-corrected chi connectivity index (χ2v) is 44.0. The van der Waals surface area contributed by atoms with Crippen molar-refractivity contribution in [2.24, 2.45) is 0 Å². The van der Waals surface area contributed by atoms with Gasteiger partial charge in [-0.3, -0.25) is 14.9 Å². The molecular weight excluding hydrogens is 823 g/mol. The van der Waals surface area contributed by atoms with Crippen LogP contribution in [0.1, 0.15) is 104 Å². The number of benzene rings is 1. The molecule has 17 heteroatoms. The van der Waals surface area contributed by atoms with Crippen LogP contribution in [0.4, 0.5) is 5.69 Å². The third-order valence-electron chi connectivity index (χ3n) is 9.73. The average Bonchev–Trinajstić information content (AvgIpc) is 3.04. The number of carbonyl (C=O) groups excluding carboxylic acids is 1. The van der Waals surface area contributed by atoms with Crippen molar-refractivity contribution < 1.29 is 40.4 Å². The smallest absolute Gasteiger partial charge is 0.311 e. The number of hydrogen-bond acceptors (Lipinski definition) is 10. The summed E-state index contributed by atoms with van der Waals surface area (Å²) in [5.74, 6) is 0.341. The van der Waals surface area contributed by atoms with Crippen LogP contribution in [0.2, 0.25) is 103 Å². The maximum absolute atomic E-state index is 12.6. The Morgan fingerprint density at radius 2 is 0.965 bits per heavy atom. The van der Waals surface area contributed by atoms with Gasteiger partial charge in [0.15, 0.2) is 44.8 Å². The van der Waals surface area contributed by atoms with E-state index in [2.05, 4.69) is 99.3 Å². The summed E-state index contributed by atoms with van der Waals surface area (Å²) in [4.78, 5) is 24.6. The van der Waals surface area contributed by atoms with Gasteiger partial charge in [0.25, 0.3) is 5.69 Å². The van der Waals surface area contributed by atoms with Gasteiger partial charge in [-0.1, -0.05) is 59.3 Å². The lowest BCUT2D eigenvalue weighted by Crippen LogP contribution is -2.52. The molecular formula is C40H83NO10Si6. The maximum Gasteiger partial charge on any atom is 0.311 e. The molecule has 0 spiro atoms. The van der Waals surface area contributed by atoms with Crippen LogP contribution in [0, 0.1) is 10.1 Å². The highest BCUT2D eigenvalue weighted by Gasteiger charge is 2.40. The summed E-state index contributed by atoms with van der Waals surface area (Å²) < 4.78 is 45.5. The Morgan fingerprint density at radius 1 is 0.596 bits per heavy atom. The molecule has 11 nitrogen and oxygen atoms in total. The van der Waals surface area contributed by atoms with Gasteiger partial charge >= 0.3 is 23.1 Å². The highest BCUT2D eigenvalue weighted by molar-refractivity contribution is 6.88. The van der Waals surface area contributed by atoms with Crippen LogP contribution in [0.5, 0.6) is 11.5 Å². The van der Waals surface area contributed by atoms with Crippen LogP contribution in [0.25, 0.3) is 0 Å². The van der Waals surface area contributed by atoms with Gasteiger partial charge in [-0.15, -0.1) is 0 Å². The molecule has 0 bridgehead atoms. The van der Waals surface area contributed by atoms with E-state index in [0.29, 0.717) is 24.7 Å². The number of esters is 1. The molecule has 0 N–H and O–H groups in total. The zero-order chi connectivity index (χ0) is 43.7. The molecule has 1 unspecified atom stereocenters. The topological polar surface area (TPSA) is 125 Å². The van der Waals surface area contributed by atoms with Crippen molar-refractivity contribution in [2.75, 3.05) is 13.2 Å². The van der Waals surface area contributed by atoms with Crippen LogP contribution >= 0.6 is 0 Å². The van der Waals surface area contributed by atoms with Crippen molar-refractivity contribution in [2.45, 2.75) is 201 Å². The van der Waals surface area contributed by atoms with Crippen molar-refractivity contribution in [1.82, 2.24) is 0 Å². The molecule has 0 radical (unpaired) electrons. The molecule has 0 aliphatic rings. The summed E-state index contributed by atoms with van der Waals surface area (Å²) >= 11 is 0. The minimum Gasteiger partial charge on any atom is -0.490 e. The predicted octanol–water partition coefficient (Wildman–Crippen LogP) is 13.2. The van der Waals surface area contributed by atoms with E-state index in [1.54, 1.807) is 13.0 Å². The number of rotatable bonds is 31. The minimum absolute atomic E-state index is 0.163. The van der Waals surface area contributed by atoms with Gasteiger partial charge in [0.2, 0.25) is 0 Å². The summed E-state index contributed by atoms with van der Waals surface area (Å²) in [7, 11) is -12.5. The van der Waals surface area contributed by atoms with Gasteiger partial charge in [0.05, 0.1) is 29.8 Å². The Kier molecular flexibility index (Phi) is 23.0. The van der Waals surface area contributed by atoms with Crippen molar-refractivity contribution >= 4 is 62.0 Å². The molecule has 0 saturated carbocycles. The molecule has 0 aliphatic carbocycles. The van der Waals surface area contributed by atoms with E-state index in [-0.39, 0.29) is 23.6 Å². The minimum atomic E-state index is -2.34. The number of carbonyl (C=O) groups is 1. The molecule has 0 fully saturated rings. The first-order valence-electron chi connectivity index (χ1n) is 21.8. The fraction of sp³-hybridized carbons (Fsp3) is 0.825. The van der Waals surface area contributed by atoms with Gasteiger partial charge in [-0.25, -0.2) is 0 Å². The summed E-state index contributed by atoms with van der Waals surface area (Å²) in [6.07, 6.45) is 8.21. The number of ether oxygens (including phenoxy) is 3. The fourth-order valence-electron chi connectivity index (χ4n) is 7.59. The van der Waals surface area contributed by atoms with E-state index in [1.807, 2.05) is 0 Å². The van der Waals surface area contributed by atoms with E-state index < -0.39 is 61.4 Å². The SMILES string of the molecule is CCCCCC(=O)OC(C)c1cc(OCCC[Si](C)(C)O[Si](C)(C)O[Si](C)(C)CCCC)c(OCCC[Si](C)(C)O[Si](C)(C)O[Si](C)(C)CCCC)cc1[N+](=O)[O-]. The van der Waals surface area contributed by atoms with Gasteiger partial charge in [-0.2, -0.15) is 0 Å². The number of nitro groups is 1. The standard InChI is InChI=1S/C40H83NO10Si6/c1-17-20-23-26-40(42)47-35(4)36-33-38(45-27-24-31-54(9,10)50-56(13,14)48-52(5,6)29-21-18-2)39(34-37(36)41(43)44)46-28-25-32-55(11,12)51-57(15,16)49-53(7,8)30-22-19-3/h33-35H,17-32H2,1-16H3. The molecule has 0 amide bonds. The molecule has 0 aromatic heterocycles. The molecule has 1 aromatic carbocycles. The number of nitrogens with zero attached hydrogens (tertiary/aromatic N) is 1. The van der Waals surface area contributed by atoms with Gasteiger partial charge < -0.3 is 30.7 Å². The normalized spacial score (nSPS) is 13.8. The predicted molar refractivity (Wildman–Crippen MR) is 250 cm³/mol. The Morgan fingerprint density at radius 3 is 1.33 bits per heavy atom. The number of nitro benzene ring substituents is 1. The first-order chi connectivity index (χ1) is 26.2. The van der Waals surface area contributed by atoms with Crippen molar-refractivity contribution in [3.8, 4) is 11.5 Å². The first-order valence-corrected chi connectivity index (χ1v) is 39.9. The van der Waals surface area contributed by atoms with Crippen molar-refractivity contribution in [3.05, 3.63) is 27.8 Å². The quantitative estimate of drug-likeness (QED) is 0.0234. The maximum atomic E-state index is 12.6. The largest absolute Gasteiger partial charge is 0.490 e. The third-order valence-corrected chi connectivity index (χ3v) is 32.7. The van der Waals surface area contributed by atoms with E-state index in [1.165, 1.54) is 25.3 Å². The second kappa shape index (κ2) is 24.3. The summed E-state index contributed by atoms with van der Waals surface area (Å²) in [6.45, 7) is 35.7. The van der Waals surface area contributed by atoms with Gasteiger partial charge in [-0.05, 0) is 135 Å². The van der Waals surface area contributed by atoms with Crippen molar-refractivity contribution in [1.29, 1.82) is 0 Å². The van der Waals surface area contributed by atoms with E-state index in [0.717, 1.165) is 62.7 Å². The Balaban J connectivity index is 3.18. The second-order valence-electron chi connectivity index (χ2n) is 19.1. The highest BCUT2D eigenvalue weighted by atomic mass is 28.5. The lowest BCUT2D eigenvalue weighted by molar-refractivity contribution is -0.386. The molecule has 0 heterocycles. The first kappa shape index (κ1) is 53.8. The fourth-order valence-corrected chi connectivity index (χ4v) is 36.0. The van der Waals surface area contributed by atoms with Crippen LogP contribution in [-0.4, -0.2) is 74.5 Å². The summed E-state index contributed by atoms with van der Waals surface area (Å²) in [5.41, 5.74) is 0.118. The van der Waals surface area contributed by atoms with Gasteiger partial charge in [0, 0.05) is 6.42 Å². The van der Waals surface area contributed by atoms with E-state index >= 15 is 0 Å². The lowest BCUT2D eigenvalue weighted by Gasteiger charge is -2.39. The summed E-state index contributed by atoms with van der Waals surface area (Å²) in [6, 6.07) is 7.05. The van der Waals surface area contributed by atoms with Crippen LogP contribution in [0.15, 0.2) is 12.1 Å². The molecule has 57 heavy (non-hydrogen) atoms. The number of unbranched alkanes of at least 4 members (excludes halogenated alkanes) is 4. The molecule has 1 aromatic rings. The molecule has 1 rings (SSSR count). The number of hydrogen-bond donors (Lipinski definition) is 0. The molecule has 0 aliphatic heterocycles. The molecule has 1 atom stereocenters.